The van der Waals surface area contributed by atoms with Crippen molar-refractivity contribution < 1.29 is 14.6 Å². The Bertz CT molecular complexity index is 926. The van der Waals surface area contributed by atoms with Crippen molar-refractivity contribution in [2.45, 2.75) is 24.6 Å². The summed E-state index contributed by atoms with van der Waals surface area (Å²) in [7, 11) is 1.37. The lowest BCUT2D eigenvalue weighted by Gasteiger charge is -2.26. The van der Waals surface area contributed by atoms with Gasteiger partial charge in [0.2, 0.25) is 0 Å². The molecule has 154 valence electrons. The zero-order chi connectivity index (χ0) is 21.2. The summed E-state index contributed by atoms with van der Waals surface area (Å²) >= 11 is 0. The van der Waals surface area contributed by atoms with E-state index >= 15 is 0 Å². The average Bonchev–Trinajstić information content (AvgIpc) is 2.80. The number of aliphatic hydroxyl groups is 1. The van der Waals surface area contributed by atoms with Crippen LogP contribution in [-0.4, -0.2) is 30.3 Å². The van der Waals surface area contributed by atoms with E-state index in [0.717, 1.165) is 16.7 Å². The second-order valence-corrected chi connectivity index (χ2v) is 7.09. The minimum Gasteiger partial charge on any atom is -0.468 e. The highest BCUT2D eigenvalue weighted by atomic mass is 16.5. The van der Waals surface area contributed by atoms with Crippen molar-refractivity contribution in [3.8, 4) is 0 Å². The van der Waals surface area contributed by atoms with Crippen LogP contribution in [0.3, 0.4) is 0 Å². The van der Waals surface area contributed by atoms with Crippen molar-refractivity contribution in [2.24, 2.45) is 0 Å². The zero-order valence-electron chi connectivity index (χ0n) is 17.0. The van der Waals surface area contributed by atoms with Gasteiger partial charge in [-0.05, 0) is 16.7 Å². The minimum absolute atomic E-state index is 0.397. The van der Waals surface area contributed by atoms with Crippen LogP contribution in [0.25, 0.3) is 6.08 Å². The number of carbonyl (C=O) groups excluding carboxylic acids is 1. The van der Waals surface area contributed by atoms with E-state index in [1.54, 1.807) is 0 Å². The monoisotopic (exact) mass is 401 g/mol. The molecule has 0 aliphatic carbocycles. The summed E-state index contributed by atoms with van der Waals surface area (Å²) in [5.74, 6) is -0.397. The van der Waals surface area contributed by atoms with E-state index in [4.69, 9.17) is 4.74 Å². The molecule has 0 saturated heterocycles. The predicted octanol–water partition coefficient (Wildman–Crippen LogP) is 4.18. The number of hydrogen-bond acceptors (Lipinski definition) is 4. The summed E-state index contributed by atoms with van der Waals surface area (Å²) in [5.41, 5.74) is 2.83. The number of benzene rings is 3. The van der Waals surface area contributed by atoms with Gasteiger partial charge in [-0.25, -0.2) is 4.79 Å². The van der Waals surface area contributed by atoms with Gasteiger partial charge in [-0.2, -0.15) is 0 Å². The lowest BCUT2D eigenvalue weighted by atomic mass is 9.98. The minimum atomic E-state index is -0.733. The first-order valence-corrected chi connectivity index (χ1v) is 10.0. The summed E-state index contributed by atoms with van der Waals surface area (Å²) in [6.07, 6.45) is 3.58. The highest BCUT2D eigenvalue weighted by Gasteiger charge is 2.27. The van der Waals surface area contributed by atoms with Gasteiger partial charge in [0.15, 0.2) is 0 Å². The third-order valence-corrected chi connectivity index (χ3v) is 4.93. The van der Waals surface area contributed by atoms with E-state index in [9.17, 15) is 9.90 Å². The van der Waals surface area contributed by atoms with Crippen LogP contribution in [0, 0.1) is 0 Å². The maximum Gasteiger partial charge on any atom is 0.327 e. The molecule has 3 rings (SSSR count). The van der Waals surface area contributed by atoms with Crippen molar-refractivity contribution in [3.05, 3.63) is 114 Å². The largest absolute Gasteiger partial charge is 0.468 e. The molecule has 3 aromatic rings. The van der Waals surface area contributed by atoms with Crippen LogP contribution >= 0.6 is 0 Å². The number of hydrogen-bond donors (Lipinski definition) is 2. The molecular formula is C26H27NO3. The molecule has 0 amide bonds. The Kier molecular flexibility index (Phi) is 7.95. The third kappa shape index (κ3) is 6.14. The summed E-state index contributed by atoms with van der Waals surface area (Å²) in [6.45, 7) is 0. The molecule has 0 aromatic heterocycles. The summed E-state index contributed by atoms with van der Waals surface area (Å²) in [4.78, 5) is 12.5. The van der Waals surface area contributed by atoms with Crippen molar-refractivity contribution >= 4 is 12.0 Å². The lowest BCUT2D eigenvalue weighted by Crippen LogP contribution is -2.44. The first-order chi connectivity index (χ1) is 14.7. The van der Waals surface area contributed by atoms with Gasteiger partial charge in [0.05, 0.1) is 19.3 Å². The molecular weight excluding hydrogens is 374 g/mol. The standard InChI is InChI=1S/C26H27NO3/c1-30-26(29)25(22-15-9-4-10-16-22)27-23(18-17-20-11-5-2-6-12-20)24(28)19-21-13-7-3-8-14-21/h2-18,23-25,27-28H,19H2,1H3/b18-17+/t23-,24+,25+/m1/s1. The maximum absolute atomic E-state index is 12.5. The summed E-state index contributed by atoms with van der Waals surface area (Å²) in [5, 5.41) is 14.3. The molecule has 0 radical (unpaired) electrons. The molecule has 3 atom stereocenters. The quantitative estimate of drug-likeness (QED) is 0.528. The fourth-order valence-electron chi connectivity index (χ4n) is 3.31. The number of rotatable bonds is 9. The van der Waals surface area contributed by atoms with Crippen molar-refractivity contribution in [1.82, 2.24) is 5.32 Å². The Morgan fingerprint density at radius 1 is 0.933 bits per heavy atom. The Labute approximate surface area is 177 Å². The van der Waals surface area contributed by atoms with E-state index in [1.807, 2.05) is 103 Å². The SMILES string of the molecule is COC(=O)[C@@H](N[C@H](/C=C/c1ccccc1)[C@@H](O)Cc1ccccc1)c1ccccc1. The molecule has 4 nitrogen and oxygen atoms in total. The molecule has 0 heterocycles. The van der Waals surface area contributed by atoms with Crippen molar-refractivity contribution in [2.75, 3.05) is 7.11 Å². The van der Waals surface area contributed by atoms with Crippen LogP contribution in [0.2, 0.25) is 0 Å². The van der Waals surface area contributed by atoms with Gasteiger partial charge in [0.1, 0.15) is 6.04 Å². The fraction of sp³-hybridized carbons (Fsp3) is 0.192. The van der Waals surface area contributed by atoms with Gasteiger partial charge in [-0.3, -0.25) is 5.32 Å². The van der Waals surface area contributed by atoms with Crippen LogP contribution in [0.4, 0.5) is 0 Å². The molecule has 0 bridgehead atoms. The predicted molar refractivity (Wildman–Crippen MR) is 120 cm³/mol. The highest BCUT2D eigenvalue weighted by Crippen LogP contribution is 2.18. The third-order valence-electron chi connectivity index (χ3n) is 4.93. The van der Waals surface area contributed by atoms with Gasteiger partial charge in [0.25, 0.3) is 0 Å². The molecule has 0 spiro atoms. The average molecular weight is 402 g/mol. The van der Waals surface area contributed by atoms with Crippen molar-refractivity contribution in [3.63, 3.8) is 0 Å². The van der Waals surface area contributed by atoms with Gasteiger partial charge >= 0.3 is 5.97 Å². The van der Waals surface area contributed by atoms with Gasteiger partial charge in [-0.1, -0.05) is 103 Å². The Hall–Kier alpha value is -3.21. The number of carbonyl (C=O) groups is 1. The second-order valence-electron chi connectivity index (χ2n) is 7.09. The normalized spacial score (nSPS) is 14.2. The fourth-order valence-corrected chi connectivity index (χ4v) is 3.31. The number of aliphatic hydroxyl groups excluding tert-OH is 1. The molecule has 30 heavy (non-hydrogen) atoms. The molecule has 0 fully saturated rings. The smallest absolute Gasteiger partial charge is 0.327 e. The van der Waals surface area contributed by atoms with E-state index in [-0.39, 0.29) is 0 Å². The van der Waals surface area contributed by atoms with E-state index in [0.29, 0.717) is 6.42 Å². The summed E-state index contributed by atoms with van der Waals surface area (Å²) < 4.78 is 5.02. The van der Waals surface area contributed by atoms with Crippen LogP contribution in [0.1, 0.15) is 22.7 Å². The molecule has 4 heteroatoms. The van der Waals surface area contributed by atoms with Crippen LogP contribution in [0.15, 0.2) is 97.1 Å². The number of esters is 1. The molecule has 0 aliphatic heterocycles. The molecule has 0 aliphatic rings. The topological polar surface area (TPSA) is 58.6 Å². The first kappa shape index (κ1) is 21.5. The van der Waals surface area contributed by atoms with Crippen LogP contribution in [0.5, 0.6) is 0 Å². The van der Waals surface area contributed by atoms with E-state index in [2.05, 4.69) is 5.32 Å². The van der Waals surface area contributed by atoms with E-state index < -0.39 is 24.2 Å². The number of methoxy groups -OCH3 is 1. The molecule has 2 N–H and O–H groups in total. The van der Waals surface area contributed by atoms with E-state index in [1.165, 1.54) is 7.11 Å². The maximum atomic E-state index is 12.5. The van der Waals surface area contributed by atoms with Crippen molar-refractivity contribution in [1.29, 1.82) is 0 Å². The molecule has 0 saturated carbocycles. The lowest BCUT2D eigenvalue weighted by molar-refractivity contribution is -0.143. The Balaban J connectivity index is 1.86. The van der Waals surface area contributed by atoms with Crippen LogP contribution < -0.4 is 5.32 Å². The second kappa shape index (κ2) is 11.1. The molecule has 0 unspecified atom stereocenters. The van der Waals surface area contributed by atoms with Crippen LogP contribution in [-0.2, 0) is 16.0 Å². The van der Waals surface area contributed by atoms with Gasteiger partial charge < -0.3 is 9.84 Å². The molecule has 3 aromatic carbocycles. The van der Waals surface area contributed by atoms with Gasteiger partial charge in [0, 0.05) is 6.42 Å². The highest BCUT2D eigenvalue weighted by molar-refractivity contribution is 5.77. The summed E-state index contributed by atoms with van der Waals surface area (Å²) in [6, 6.07) is 27.9. The Morgan fingerprint density at radius 3 is 2.10 bits per heavy atom. The Morgan fingerprint density at radius 2 is 1.50 bits per heavy atom. The van der Waals surface area contributed by atoms with Gasteiger partial charge in [-0.15, -0.1) is 0 Å². The number of ether oxygens (including phenoxy) is 1. The first-order valence-electron chi connectivity index (χ1n) is 10.0. The number of nitrogens with one attached hydrogen (secondary N) is 1. The zero-order valence-corrected chi connectivity index (χ0v) is 17.0.